The number of aromatic nitrogens is 4. The number of nitrogens with zero attached hydrogens (tertiary/aromatic N) is 4. The van der Waals surface area contributed by atoms with Gasteiger partial charge in [-0.3, -0.25) is 0 Å². The van der Waals surface area contributed by atoms with Gasteiger partial charge in [-0.25, -0.2) is 4.68 Å². The van der Waals surface area contributed by atoms with Gasteiger partial charge in [0.1, 0.15) is 0 Å². The molecule has 1 aromatic heterocycles. The van der Waals surface area contributed by atoms with E-state index in [1.807, 2.05) is 13.0 Å². The van der Waals surface area contributed by atoms with Gasteiger partial charge in [-0.1, -0.05) is 11.6 Å². The summed E-state index contributed by atoms with van der Waals surface area (Å²) >= 11 is 6.04. The molecule has 2 heterocycles. The van der Waals surface area contributed by atoms with E-state index in [0.717, 1.165) is 18.6 Å². The van der Waals surface area contributed by atoms with E-state index >= 15 is 0 Å². The Morgan fingerprint density at radius 2 is 2.32 bits per heavy atom. The molecule has 1 fully saturated rings. The Labute approximate surface area is 115 Å². The third-order valence-corrected chi connectivity index (χ3v) is 3.73. The van der Waals surface area contributed by atoms with E-state index in [1.54, 1.807) is 16.8 Å². The van der Waals surface area contributed by atoms with Crippen LogP contribution in [0.5, 0.6) is 0 Å². The topological polar surface area (TPSA) is 78.8 Å². The van der Waals surface area contributed by atoms with E-state index in [9.17, 15) is 0 Å². The monoisotopic (exact) mass is 279 g/mol. The molecule has 0 saturated carbocycles. The minimum absolute atomic E-state index is 0.103. The summed E-state index contributed by atoms with van der Waals surface area (Å²) in [6.45, 7) is 2.76. The number of anilines is 1. The molecule has 19 heavy (non-hydrogen) atoms. The van der Waals surface area contributed by atoms with Crippen LogP contribution in [0.15, 0.2) is 18.2 Å². The van der Waals surface area contributed by atoms with Crippen molar-refractivity contribution in [2.75, 3.05) is 12.3 Å². The number of hydrogen-bond acceptors (Lipinski definition) is 5. The molecule has 2 N–H and O–H groups in total. The molecule has 0 radical (unpaired) electrons. The van der Waals surface area contributed by atoms with E-state index in [1.165, 1.54) is 0 Å². The van der Waals surface area contributed by atoms with Gasteiger partial charge in [0, 0.05) is 12.2 Å². The zero-order valence-corrected chi connectivity index (χ0v) is 11.2. The van der Waals surface area contributed by atoms with Crippen LogP contribution in [0, 0.1) is 0 Å². The fourth-order valence-electron chi connectivity index (χ4n) is 2.31. The van der Waals surface area contributed by atoms with Crippen molar-refractivity contribution in [1.82, 2.24) is 20.2 Å². The summed E-state index contributed by atoms with van der Waals surface area (Å²) in [6, 6.07) is 5.55. The van der Waals surface area contributed by atoms with Crippen LogP contribution in [-0.2, 0) is 4.74 Å². The molecule has 1 aliphatic heterocycles. The summed E-state index contributed by atoms with van der Waals surface area (Å²) in [7, 11) is 0. The molecule has 0 aliphatic carbocycles. The molecule has 3 rings (SSSR count). The highest BCUT2D eigenvalue weighted by molar-refractivity contribution is 6.33. The molecule has 0 amide bonds. The second kappa shape index (κ2) is 4.79. The fourth-order valence-corrected chi connectivity index (χ4v) is 2.50. The number of tetrazole rings is 1. The minimum atomic E-state index is 0.103. The summed E-state index contributed by atoms with van der Waals surface area (Å²) in [4.78, 5) is 0. The molecule has 1 saturated heterocycles. The van der Waals surface area contributed by atoms with E-state index < -0.39 is 0 Å². The number of benzene rings is 1. The highest BCUT2D eigenvalue weighted by Crippen LogP contribution is 2.31. The molecule has 1 aliphatic rings. The largest absolute Gasteiger partial charge is 0.398 e. The van der Waals surface area contributed by atoms with Gasteiger partial charge in [-0.05, 0) is 42.0 Å². The number of nitrogens with two attached hydrogens (primary N) is 1. The lowest BCUT2D eigenvalue weighted by molar-refractivity contribution is 0.105. The third kappa shape index (κ3) is 2.17. The molecule has 2 atom stereocenters. The Morgan fingerprint density at radius 1 is 1.47 bits per heavy atom. The second-order valence-corrected chi connectivity index (χ2v) is 5.02. The molecule has 0 bridgehead atoms. The van der Waals surface area contributed by atoms with Crippen LogP contribution in [0.3, 0.4) is 0 Å². The first-order valence-corrected chi connectivity index (χ1v) is 6.49. The quantitative estimate of drug-likeness (QED) is 0.850. The summed E-state index contributed by atoms with van der Waals surface area (Å²) < 4.78 is 7.37. The first-order valence-electron chi connectivity index (χ1n) is 6.11. The lowest BCUT2D eigenvalue weighted by Gasteiger charge is -2.15. The van der Waals surface area contributed by atoms with Gasteiger partial charge in [-0.2, -0.15) is 0 Å². The Balaban J connectivity index is 2.01. The summed E-state index contributed by atoms with van der Waals surface area (Å²) in [6.07, 6.45) is 1.01. The van der Waals surface area contributed by atoms with E-state index in [-0.39, 0.29) is 12.1 Å². The zero-order chi connectivity index (χ0) is 13.4. The van der Waals surface area contributed by atoms with Crippen LogP contribution in [0.2, 0.25) is 5.02 Å². The molecule has 2 aromatic rings. The van der Waals surface area contributed by atoms with Crippen molar-refractivity contribution in [2.45, 2.75) is 25.5 Å². The fraction of sp³-hybridized carbons (Fsp3) is 0.417. The van der Waals surface area contributed by atoms with Gasteiger partial charge in [0.2, 0.25) is 0 Å². The maximum absolute atomic E-state index is 6.04. The third-order valence-electron chi connectivity index (χ3n) is 3.40. The maximum Gasteiger partial charge on any atom is 0.182 e. The second-order valence-electron chi connectivity index (χ2n) is 4.62. The summed E-state index contributed by atoms with van der Waals surface area (Å²) in [5.41, 5.74) is 7.11. The normalized spacial score (nSPS) is 22.8. The van der Waals surface area contributed by atoms with Crippen LogP contribution >= 0.6 is 11.6 Å². The van der Waals surface area contributed by atoms with Gasteiger partial charge in [0.15, 0.2) is 5.82 Å². The van der Waals surface area contributed by atoms with Crippen LogP contribution in [0.1, 0.15) is 19.4 Å². The highest BCUT2D eigenvalue weighted by Gasteiger charge is 2.29. The molecule has 6 nitrogen and oxygen atoms in total. The van der Waals surface area contributed by atoms with E-state index in [2.05, 4.69) is 15.5 Å². The zero-order valence-electron chi connectivity index (χ0n) is 10.5. The molecule has 100 valence electrons. The van der Waals surface area contributed by atoms with Crippen molar-refractivity contribution >= 4 is 17.3 Å². The van der Waals surface area contributed by atoms with Crippen LogP contribution in [-0.4, -0.2) is 32.9 Å². The molecule has 2 unspecified atom stereocenters. The smallest absolute Gasteiger partial charge is 0.182 e. The average Bonchev–Trinajstić information content (AvgIpc) is 3.00. The van der Waals surface area contributed by atoms with Gasteiger partial charge in [0.05, 0.1) is 22.9 Å². The number of nitrogen functional groups attached to an aromatic ring is 1. The van der Waals surface area contributed by atoms with Gasteiger partial charge in [-0.15, -0.1) is 5.10 Å². The van der Waals surface area contributed by atoms with Crippen LogP contribution < -0.4 is 5.73 Å². The first kappa shape index (κ1) is 12.4. The van der Waals surface area contributed by atoms with E-state index in [0.29, 0.717) is 16.5 Å². The van der Waals surface area contributed by atoms with Gasteiger partial charge < -0.3 is 10.5 Å². The Bertz CT molecular complexity index is 600. The van der Waals surface area contributed by atoms with E-state index in [4.69, 9.17) is 22.1 Å². The van der Waals surface area contributed by atoms with Crippen molar-refractivity contribution in [3.05, 3.63) is 23.2 Å². The number of rotatable bonds is 2. The lowest BCUT2D eigenvalue weighted by Crippen LogP contribution is -2.19. The van der Waals surface area contributed by atoms with Gasteiger partial charge in [0.25, 0.3) is 0 Å². The Morgan fingerprint density at radius 3 is 3.00 bits per heavy atom. The number of halogens is 1. The highest BCUT2D eigenvalue weighted by atomic mass is 35.5. The predicted molar refractivity (Wildman–Crippen MR) is 71.7 cm³/mol. The van der Waals surface area contributed by atoms with Crippen molar-refractivity contribution in [3.63, 3.8) is 0 Å². The van der Waals surface area contributed by atoms with Crippen molar-refractivity contribution < 1.29 is 4.74 Å². The Hall–Kier alpha value is -1.66. The minimum Gasteiger partial charge on any atom is -0.398 e. The predicted octanol–water partition coefficient (Wildman–Crippen LogP) is 1.93. The molecule has 0 spiro atoms. The van der Waals surface area contributed by atoms with Crippen molar-refractivity contribution in [2.24, 2.45) is 0 Å². The summed E-state index contributed by atoms with van der Waals surface area (Å²) in [5, 5.41) is 12.4. The van der Waals surface area contributed by atoms with Gasteiger partial charge >= 0.3 is 0 Å². The summed E-state index contributed by atoms with van der Waals surface area (Å²) in [5.74, 6) is 0.684. The lowest BCUT2D eigenvalue weighted by atomic mass is 10.1. The molecule has 7 heteroatoms. The molecule has 1 aromatic carbocycles. The molecular weight excluding hydrogens is 266 g/mol. The van der Waals surface area contributed by atoms with Crippen molar-refractivity contribution in [3.8, 4) is 11.4 Å². The maximum atomic E-state index is 6.04. The molecular formula is C12H14ClN5O. The average molecular weight is 280 g/mol. The standard InChI is InChI=1S/C12H14ClN5O/c1-7-11(4-5-19-7)18-12(15-16-17-18)8-2-3-10(14)9(13)6-8/h2-3,6-7,11H,4-5,14H2,1H3. The Kier molecular flexibility index (Phi) is 3.12. The SMILES string of the molecule is CC1OCCC1n1nnnc1-c1ccc(N)c(Cl)c1. The van der Waals surface area contributed by atoms with Crippen LogP contribution in [0.25, 0.3) is 11.4 Å². The van der Waals surface area contributed by atoms with Crippen LogP contribution in [0.4, 0.5) is 5.69 Å². The van der Waals surface area contributed by atoms with Crippen molar-refractivity contribution in [1.29, 1.82) is 0 Å². The number of ether oxygens (including phenoxy) is 1. The number of hydrogen-bond donors (Lipinski definition) is 1. The first-order chi connectivity index (χ1) is 9.16.